The molecule has 0 radical (unpaired) electrons. The first-order valence-electron chi connectivity index (χ1n) is 3.34. The van der Waals surface area contributed by atoms with E-state index >= 15 is 0 Å². The van der Waals surface area contributed by atoms with Crippen LogP contribution in [-0.4, -0.2) is 17.8 Å². The van der Waals surface area contributed by atoms with E-state index in [1.807, 2.05) is 5.32 Å². The lowest BCUT2D eigenvalue weighted by Crippen LogP contribution is -2.27. The fourth-order valence-electron chi connectivity index (χ4n) is 0.673. The van der Waals surface area contributed by atoms with Crippen LogP contribution in [0.2, 0.25) is 0 Å². The van der Waals surface area contributed by atoms with Crippen molar-refractivity contribution in [1.29, 1.82) is 0 Å². The Kier molecular flexibility index (Phi) is 3.01. The zero-order chi connectivity index (χ0) is 8.81. The summed E-state index contributed by atoms with van der Waals surface area (Å²) < 4.78 is 11.6. The van der Waals surface area contributed by atoms with E-state index in [0.29, 0.717) is 5.69 Å². The van der Waals surface area contributed by atoms with E-state index in [1.165, 1.54) is 6.20 Å². The van der Waals surface area contributed by atoms with E-state index in [9.17, 15) is 9.18 Å². The van der Waals surface area contributed by atoms with Crippen LogP contribution in [0, 0.1) is 0 Å². The minimum absolute atomic E-state index is 0.531. The highest BCUT2D eigenvalue weighted by Gasteiger charge is 1.98. The van der Waals surface area contributed by atoms with Crippen LogP contribution in [0.3, 0.4) is 0 Å². The largest absolute Gasteiger partial charge is 0.321 e. The number of halogens is 1. The Hall–Kier alpha value is -1.65. The summed E-state index contributed by atoms with van der Waals surface area (Å²) in [6.07, 6.45) is 3.05. The molecule has 0 unspecified atom stereocenters. The molecule has 4 nitrogen and oxygen atoms in total. The summed E-state index contributed by atoms with van der Waals surface area (Å²) in [5, 5.41) is 4.34. The molecule has 0 saturated carbocycles. The van der Waals surface area contributed by atoms with Crippen molar-refractivity contribution >= 4 is 11.7 Å². The molecule has 0 aliphatic carbocycles. The van der Waals surface area contributed by atoms with Crippen molar-refractivity contribution in [2.45, 2.75) is 0 Å². The lowest BCUT2D eigenvalue weighted by Gasteiger charge is -2.02. The lowest BCUT2D eigenvalue weighted by molar-refractivity contribution is 0.247. The Labute approximate surface area is 68.8 Å². The number of nitrogens with zero attached hydrogens (tertiary/aromatic N) is 1. The third kappa shape index (κ3) is 2.53. The van der Waals surface area contributed by atoms with Gasteiger partial charge in [0.05, 0.1) is 11.9 Å². The van der Waals surface area contributed by atoms with Gasteiger partial charge in [-0.05, 0) is 12.1 Å². The second-order valence-corrected chi connectivity index (χ2v) is 2.01. The number of urea groups is 1. The van der Waals surface area contributed by atoms with E-state index in [2.05, 4.69) is 10.3 Å². The van der Waals surface area contributed by atoms with Crippen LogP contribution < -0.4 is 10.6 Å². The maximum Gasteiger partial charge on any atom is 0.321 e. The average molecular weight is 169 g/mol. The molecule has 0 atom stereocenters. The van der Waals surface area contributed by atoms with Crippen molar-refractivity contribution in [3.8, 4) is 0 Å². The van der Waals surface area contributed by atoms with Gasteiger partial charge >= 0.3 is 6.03 Å². The molecular weight excluding hydrogens is 161 g/mol. The van der Waals surface area contributed by atoms with Gasteiger partial charge in [-0.15, -0.1) is 0 Å². The molecule has 1 aromatic heterocycles. The number of amides is 2. The standard InChI is InChI=1S/C7H8FN3O/c8-5-10-7(12)11-6-2-1-3-9-4-6/h1-4H,5H2,(H2,10,11,12). The predicted octanol–water partition coefficient (Wildman–Crippen LogP) is 1.13. The zero-order valence-corrected chi connectivity index (χ0v) is 6.25. The van der Waals surface area contributed by atoms with Gasteiger partial charge in [0.25, 0.3) is 0 Å². The Morgan fingerprint density at radius 3 is 3.08 bits per heavy atom. The molecule has 64 valence electrons. The van der Waals surface area contributed by atoms with Gasteiger partial charge in [0.1, 0.15) is 0 Å². The highest BCUT2D eigenvalue weighted by atomic mass is 19.1. The van der Waals surface area contributed by atoms with Crippen LogP contribution in [0.25, 0.3) is 0 Å². The first-order valence-corrected chi connectivity index (χ1v) is 3.34. The third-order valence-electron chi connectivity index (χ3n) is 1.15. The lowest BCUT2D eigenvalue weighted by atomic mass is 10.4. The molecule has 0 spiro atoms. The van der Waals surface area contributed by atoms with Gasteiger partial charge in [0.2, 0.25) is 0 Å². The molecule has 0 aromatic carbocycles. The maximum atomic E-state index is 11.6. The normalized spacial score (nSPS) is 9.08. The van der Waals surface area contributed by atoms with Gasteiger partial charge in [0, 0.05) is 6.20 Å². The van der Waals surface area contributed by atoms with Gasteiger partial charge in [-0.2, -0.15) is 0 Å². The number of carbonyl (C=O) groups excluding carboxylic acids is 1. The van der Waals surface area contributed by atoms with Crippen LogP contribution in [0.1, 0.15) is 0 Å². The molecule has 0 aliphatic rings. The Bertz CT molecular complexity index is 252. The monoisotopic (exact) mass is 169 g/mol. The van der Waals surface area contributed by atoms with Gasteiger partial charge in [-0.25, -0.2) is 9.18 Å². The molecule has 1 aromatic rings. The molecule has 2 N–H and O–H groups in total. The molecule has 1 heterocycles. The van der Waals surface area contributed by atoms with E-state index in [0.717, 1.165) is 0 Å². The molecule has 0 bridgehead atoms. The summed E-state index contributed by atoms with van der Waals surface area (Å²) in [5.41, 5.74) is 0.531. The van der Waals surface area contributed by atoms with E-state index in [4.69, 9.17) is 0 Å². The number of rotatable bonds is 2. The first-order chi connectivity index (χ1) is 5.83. The fourth-order valence-corrected chi connectivity index (χ4v) is 0.673. The minimum Gasteiger partial charge on any atom is -0.310 e. The predicted molar refractivity (Wildman–Crippen MR) is 42.4 cm³/mol. The first kappa shape index (κ1) is 8.45. The average Bonchev–Trinajstić information content (AvgIpc) is 2.06. The van der Waals surface area contributed by atoms with Crippen LogP contribution >= 0.6 is 0 Å². The Morgan fingerprint density at radius 2 is 2.50 bits per heavy atom. The highest BCUT2D eigenvalue weighted by Crippen LogP contribution is 2.01. The molecule has 0 fully saturated rings. The number of alkyl halides is 1. The van der Waals surface area contributed by atoms with Crippen molar-refractivity contribution < 1.29 is 9.18 Å². The summed E-state index contributed by atoms with van der Waals surface area (Å²) in [4.78, 5) is 14.5. The number of aromatic nitrogens is 1. The summed E-state index contributed by atoms with van der Waals surface area (Å²) in [6.45, 7) is -0.883. The highest BCUT2D eigenvalue weighted by molar-refractivity contribution is 5.88. The number of hydrogen-bond acceptors (Lipinski definition) is 2. The molecule has 0 saturated heterocycles. The summed E-state index contributed by atoms with van der Waals surface area (Å²) in [6, 6.07) is 2.75. The quantitative estimate of drug-likeness (QED) is 0.652. The number of carbonyl (C=O) groups is 1. The van der Waals surface area contributed by atoms with Crippen molar-refractivity contribution in [3.05, 3.63) is 24.5 Å². The molecule has 0 aliphatic heterocycles. The van der Waals surface area contributed by atoms with Crippen molar-refractivity contribution in [2.24, 2.45) is 0 Å². The number of pyridine rings is 1. The number of anilines is 1. The van der Waals surface area contributed by atoms with Crippen LogP contribution in [0.4, 0.5) is 14.9 Å². The summed E-state index contributed by atoms with van der Waals surface area (Å²) >= 11 is 0. The summed E-state index contributed by atoms with van der Waals surface area (Å²) in [5.74, 6) is 0. The van der Waals surface area contributed by atoms with Gasteiger partial charge in [-0.3, -0.25) is 4.98 Å². The topological polar surface area (TPSA) is 54.0 Å². The maximum absolute atomic E-state index is 11.6. The molecule has 5 heteroatoms. The van der Waals surface area contributed by atoms with Gasteiger partial charge in [0.15, 0.2) is 6.80 Å². The smallest absolute Gasteiger partial charge is 0.310 e. The van der Waals surface area contributed by atoms with Crippen LogP contribution in [-0.2, 0) is 0 Å². The minimum atomic E-state index is -0.883. The Morgan fingerprint density at radius 1 is 1.67 bits per heavy atom. The second kappa shape index (κ2) is 4.27. The zero-order valence-electron chi connectivity index (χ0n) is 6.25. The SMILES string of the molecule is O=C(NCF)Nc1cccnc1. The summed E-state index contributed by atoms with van der Waals surface area (Å²) in [7, 11) is 0. The molecule has 1 rings (SSSR count). The second-order valence-electron chi connectivity index (χ2n) is 2.01. The molecule has 12 heavy (non-hydrogen) atoms. The third-order valence-corrected chi connectivity index (χ3v) is 1.15. The van der Waals surface area contributed by atoms with E-state index < -0.39 is 12.8 Å². The fraction of sp³-hybridized carbons (Fsp3) is 0.143. The molecular formula is C7H8FN3O. The Balaban J connectivity index is 2.47. The van der Waals surface area contributed by atoms with E-state index in [-0.39, 0.29) is 0 Å². The van der Waals surface area contributed by atoms with Crippen molar-refractivity contribution in [3.63, 3.8) is 0 Å². The molecule has 2 amide bonds. The van der Waals surface area contributed by atoms with Crippen LogP contribution in [0.5, 0.6) is 0 Å². The van der Waals surface area contributed by atoms with Crippen LogP contribution in [0.15, 0.2) is 24.5 Å². The van der Waals surface area contributed by atoms with Gasteiger partial charge < -0.3 is 10.6 Å². The van der Waals surface area contributed by atoms with Gasteiger partial charge in [-0.1, -0.05) is 0 Å². The number of nitrogens with one attached hydrogen (secondary N) is 2. The van der Waals surface area contributed by atoms with Crippen molar-refractivity contribution in [1.82, 2.24) is 10.3 Å². The van der Waals surface area contributed by atoms with E-state index in [1.54, 1.807) is 18.3 Å². The number of hydrogen-bond donors (Lipinski definition) is 2. The van der Waals surface area contributed by atoms with Crippen molar-refractivity contribution in [2.75, 3.05) is 12.1 Å².